The average molecular weight is 465 g/mol. The molecule has 4 rings (SSSR count). The maximum absolute atomic E-state index is 14.1. The van der Waals surface area contributed by atoms with Crippen molar-refractivity contribution in [1.82, 2.24) is 10.2 Å². The van der Waals surface area contributed by atoms with Gasteiger partial charge in [-0.15, -0.1) is 0 Å². The van der Waals surface area contributed by atoms with Gasteiger partial charge in [0, 0.05) is 58.2 Å². The van der Waals surface area contributed by atoms with Crippen molar-refractivity contribution in [3.05, 3.63) is 95.6 Å². The highest BCUT2D eigenvalue weighted by atomic mass is 19.1. The number of piperazine rings is 1. The Labute approximate surface area is 199 Å². The van der Waals surface area contributed by atoms with Crippen LogP contribution in [0.4, 0.5) is 20.2 Å². The van der Waals surface area contributed by atoms with E-state index < -0.39 is 23.1 Å². The average Bonchev–Trinajstić information content (AvgIpc) is 2.85. The molecule has 1 aliphatic rings. The van der Waals surface area contributed by atoms with Crippen molar-refractivity contribution >= 4 is 17.3 Å². The molecule has 178 valence electrons. The molecule has 34 heavy (non-hydrogen) atoms. The number of halogens is 2. The van der Waals surface area contributed by atoms with Crippen molar-refractivity contribution in [3.8, 4) is 0 Å². The molecule has 5 nitrogen and oxygen atoms in total. The zero-order chi connectivity index (χ0) is 24.1. The number of nitrogens with zero attached hydrogens (tertiary/aromatic N) is 3. The van der Waals surface area contributed by atoms with Crippen molar-refractivity contribution in [2.75, 3.05) is 56.6 Å². The topological polar surface area (TPSA) is 38.8 Å². The third kappa shape index (κ3) is 5.37. The predicted molar refractivity (Wildman–Crippen MR) is 132 cm³/mol. The van der Waals surface area contributed by atoms with E-state index in [1.807, 2.05) is 49.3 Å². The molecule has 3 aromatic carbocycles. The van der Waals surface area contributed by atoms with Crippen molar-refractivity contribution in [2.45, 2.75) is 6.04 Å². The van der Waals surface area contributed by atoms with Gasteiger partial charge in [0.15, 0.2) is 0 Å². The number of hydrogen-bond donors (Lipinski definition) is 1. The first kappa shape index (κ1) is 23.7. The van der Waals surface area contributed by atoms with Crippen LogP contribution in [0.2, 0.25) is 0 Å². The van der Waals surface area contributed by atoms with Crippen molar-refractivity contribution in [1.29, 1.82) is 0 Å². The van der Waals surface area contributed by atoms with Gasteiger partial charge in [-0.25, -0.2) is 8.78 Å². The SMILES string of the molecule is CN(C)c1ccc([C@H](CNC(=O)c2c(F)cccc2F)N2CCN(c3ccccc3)CC2)cc1. The quantitative estimate of drug-likeness (QED) is 0.565. The Bertz CT molecular complexity index is 1080. The monoisotopic (exact) mass is 464 g/mol. The Hall–Kier alpha value is -3.45. The van der Waals surface area contributed by atoms with Crippen molar-refractivity contribution in [2.24, 2.45) is 0 Å². The molecule has 0 radical (unpaired) electrons. The molecule has 3 aromatic rings. The second kappa shape index (κ2) is 10.7. The van der Waals surface area contributed by atoms with Crippen LogP contribution in [-0.2, 0) is 0 Å². The van der Waals surface area contributed by atoms with E-state index >= 15 is 0 Å². The summed E-state index contributed by atoms with van der Waals surface area (Å²) in [6.45, 7) is 3.56. The van der Waals surface area contributed by atoms with Gasteiger partial charge in [0.1, 0.15) is 17.2 Å². The van der Waals surface area contributed by atoms with E-state index in [4.69, 9.17) is 0 Å². The number of benzene rings is 3. The summed E-state index contributed by atoms with van der Waals surface area (Å²) in [5, 5.41) is 2.77. The summed E-state index contributed by atoms with van der Waals surface area (Å²) >= 11 is 0. The largest absolute Gasteiger partial charge is 0.378 e. The van der Waals surface area contributed by atoms with Crippen LogP contribution in [0.15, 0.2) is 72.8 Å². The summed E-state index contributed by atoms with van der Waals surface area (Å²) in [5.41, 5.74) is 2.78. The van der Waals surface area contributed by atoms with Gasteiger partial charge in [0.2, 0.25) is 0 Å². The van der Waals surface area contributed by atoms with Gasteiger partial charge >= 0.3 is 0 Å². The number of amides is 1. The van der Waals surface area contributed by atoms with Gasteiger partial charge < -0.3 is 15.1 Å². The van der Waals surface area contributed by atoms with E-state index in [0.29, 0.717) is 0 Å². The smallest absolute Gasteiger partial charge is 0.257 e. The molecule has 1 heterocycles. The van der Waals surface area contributed by atoms with E-state index in [-0.39, 0.29) is 12.6 Å². The van der Waals surface area contributed by atoms with E-state index in [0.717, 1.165) is 49.6 Å². The van der Waals surface area contributed by atoms with E-state index in [1.54, 1.807) is 0 Å². The fourth-order valence-corrected chi connectivity index (χ4v) is 4.38. The minimum atomic E-state index is -0.860. The van der Waals surface area contributed by atoms with Gasteiger partial charge in [-0.3, -0.25) is 9.69 Å². The fourth-order valence-electron chi connectivity index (χ4n) is 4.38. The molecule has 1 N–H and O–H groups in total. The van der Waals surface area contributed by atoms with Crippen LogP contribution < -0.4 is 15.1 Å². The lowest BCUT2D eigenvalue weighted by molar-refractivity contribution is 0.0922. The Morgan fingerprint density at radius 3 is 2.09 bits per heavy atom. The lowest BCUT2D eigenvalue weighted by Crippen LogP contribution is -2.50. The van der Waals surface area contributed by atoms with Crippen LogP contribution in [0.25, 0.3) is 0 Å². The lowest BCUT2D eigenvalue weighted by atomic mass is 10.0. The first-order valence-corrected chi connectivity index (χ1v) is 11.5. The fraction of sp³-hybridized carbons (Fsp3) is 0.296. The van der Waals surface area contributed by atoms with E-state index in [2.05, 4.69) is 39.4 Å². The Morgan fingerprint density at radius 1 is 0.882 bits per heavy atom. The maximum Gasteiger partial charge on any atom is 0.257 e. The molecule has 1 amide bonds. The number of rotatable bonds is 7. The minimum absolute atomic E-state index is 0.118. The number of nitrogens with one attached hydrogen (secondary N) is 1. The summed E-state index contributed by atoms with van der Waals surface area (Å²) in [6, 6.07) is 21.8. The zero-order valence-corrected chi connectivity index (χ0v) is 19.5. The number of anilines is 2. The molecule has 0 aliphatic carbocycles. The minimum Gasteiger partial charge on any atom is -0.378 e. The standard InChI is InChI=1S/C27H30F2N4O/c1-31(2)21-13-11-20(12-14-21)25(19-30-27(34)26-23(28)9-6-10-24(26)29)33-17-15-32(16-18-33)22-7-4-3-5-8-22/h3-14,25H,15-19H2,1-2H3,(H,30,34)/t25-/m0/s1. The Morgan fingerprint density at radius 2 is 1.50 bits per heavy atom. The molecular formula is C27H30F2N4O. The zero-order valence-electron chi connectivity index (χ0n) is 19.5. The molecule has 0 saturated carbocycles. The highest BCUT2D eigenvalue weighted by Crippen LogP contribution is 2.26. The summed E-state index contributed by atoms with van der Waals surface area (Å²) in [4.78, 5) is 19.4. The van der Waals surface area contributed by atoms with Gasteiger partial charge in [-0.05, 0) is 42.0 Å². The number of carbonyl (C=O) groups is 1. The van der Waals surface area contributed by atoms with Crippen LogP contribution >= 0.6 is 0 Å². The summed E-state index contributed by atoms with van der Waals surface area (Å²) in [5.74, 6) is -2.46. The van der Waals surface area contributed by atoms with Crippen LogP contribution in [0, 0.1) is 11.6 Å². The third-order valence-electron chi connectivity index (χ3n) is 6.32. The van der Waals surface area contributed by atoms with Gasteiger partial charge in [0.25, 0.3) is 5.91 Å². The van der Waals surface area contributed by atoms with Gasteiger partial charge in [-0.2, -0.15) is 0 Å². The summed E-state index contributed by atoms with van der Waals surface area (Å²) < 4.78 is 28.2. The molecule has 0 unspecified atom stereocenters. The lowest BCUT2D eigenvalue weighted by Gasteiger charge is -2.40. The molecule has 0 spiro atoms. The van der Waals surface area contributed by atoms with Crippen molar-refractivity contribution in [3.63, 3.8) is 0 Å². The molecule has 1 aliphatic heterocycles. The molecule has 0 aromatic heterocycles. The van der Waals surface area contributed by atoms with Gasteiger partial charge in [-0.1, -0.05) is 36.4 Å². The number of hydrogen-bond acceptors (Lipinski definition) is 4. The van der Waals surface area contributed by atoms with E-state index in [1.165, 1.54) is 11.8 Å². The number of para-hydroxylation sites is 1. The van der Waals surface area contributed by atoms with Crippen LogP contribution in [-0.4, -0.2) is 57.6 Å². The second-order valence-electron chi connectivity index (χ2n) is 8.67. The second-order valence-corrected chi connectivity index (χ2v) is 8.67. The summed E-state index contributed by atoms with van der Waals surface area (Å²) in [7, 11) is 3.97. The van der Waals surface area contributed by atoms with Crippen molar-refractivity contribution < 1.29 is 13.6 Å². The molecule has 0 bridgehead atoms. The number of carbonyl (C=O) groups excluding carboxylic acids is 1. The predicted octanol–water partition coefficient (Wildman–Crippen LogP) is 4.32. The normalized spacial score (nSPS) is 15.1. The molecular weight excluding hydrogens is 434 g/mol. The van der Waals surface area contributed by atoms with Crippen LogP contribution in [0.1, 0.15) is 22.0 Å². The van der Waals surface area contributed by atoms with E-state index in [9.17, 15) is 13.6 Å². The molecule has 7 heteroatoms. The Balaban J connectivity index is 1.51. The first-order chi connectivity index (χ1) is 16.4. The summed E-state index contributed by atoms with van der Waals surface area (Å²) in [6.07, 6.45) is 0. The Kier molecular flexibility index (Phi) is 7.43. The highest BCUT2D eigenvalue weighted by Gasteiger charge is 2.27. The van der Waals surface area contributed by atoms with Gasteiger partial charge in [0.05, 0.1) is 6.04 Å². The molecule has 1 atom stereocenters. The molecule has 1 saturated heterocycles. The maximum atomic E-state index is 14.1. The first-order valence-electron chi connectivity index (χ1n) is 11.5. The molecule has 1 fully saturated rings. The van der Waals surface area contributed by atoms with Crippen LogP contribution in [0.3, 0.4) is 0 Å². The third-order valence-corrected chi connectivity index (χ3v) is 6.32. The highest BCUT2D eigenvalue weighted by molar-refractivity contribution is 5.94. The van der Waals surface area contributed by atoms with Crippen LogP contribution in [0.5, 0.6) is 0 Å².